The van der Waals surface area contributed by atoms with Crippen molar-refractivity contribution in [2.24, 2.45) is 0 Å². The molecule has 0 aliphatic heterocycles. The molecule has 0 aliphatic carbocycles. The average molecular weight is 286 g/mol. The molecule has 0 saturated heterocycles. The molecule has 0 radical (unpaired) electrons. The normalized spacial score (nSPS) is 10.0. The largest absolute Gasteiger partial charge is 2.00 e. The number of hydrogen-bond donors (Lipinski definition) is 1. The second-order valence-electron chi connectivity index (χ2n) is 0.529. The van der Waals surface area contributed by atoms with Gasteiger partial charge in [-0.05, 0) is 9.13 Å². The zero-order valence-electron chi connectivity index (χ0n) is 5.09. The maximum atomic E-state index is 9.24. The Morgan fingerprint density at radius 2 is 1.40 bits per heavy atom. The summed E-state index contributed by atoms with van der Waals surface area (Å²) in [5.41, 5.74) is 0. The van der Waals surface area contributed by atoms with E-state index in [0.717, 1.165) is 7.11 Å². The average Bonchev–Trinajstić information content (AvgIpc) is 1.68. The van der Waals surface area contributed by atoms with Crippen LogP contribution in [0.3, 0.4) is 0 Å². The van der Waals surface area contributed by atoms with Gasteiger partial charge in [0.25, 0.3) is 0 Å². The first-order valence-electron chi connectivity index (χ1n) is 1.54. The molecule has 2 atom stereocenters. The maximum Gasteiger partial charge on any atom is 2.00 e. The second kappa shape index (κ2) is 12.6. The first kappa shape index (κ1) is 17.2. The minimum absolute atomic E-state index is 0. The molecule has 6 nitrogen and oxygen atoms in total. The summed E-state index contributed by atoms with van der Waals surface area (Å²) in [5.74, 6) is 0. The van der Waals surface area contributed by atoms with Gasteiger partial charge in [-0.3, -0.25) is 0 Å². The predicted octanol–water partition coefficient (Wildman–Crippen LogP) is -1.36. The minimum Gasteiger partial charge on any atom is -0.563 e. The van der Waals surface area contributed by atoms with Crippen LogP contribution in [0.25, 0.3) is 0 Å². The molecule has 0 bridgehead atoms. The molecule has 0 fully saturated rings. The van der Waals surface area contributed by atoms with Crippen molar-refractivity contribution in [1.29, 1.82) is 0 Å². The van der Waals surface area contributed by atoms with Crippen LogP contribution in [0.5, 0.6) is 0 Å². The molecule has 0 aromatic heterocycles. The SMILES string of the molecule is CO.O=[P+]([O-])O[P+](=O)[O-].[Cd+2]. The van der Waals surface area contributed by atoms with Crippen LogP contribution in [0.1, 0.15) is 0 Å². The maximum absolute atomic E-state index is 9.24. The molecule has 0 aromatic carbocycles. The zero-order valence-corrected chi connectivity index (χ0v) is 10.9. The standard InChI is InChI=1S/CH4O.Cd.O5P2/c1-2;;1-6(2)5-7(3)4/h2H,1H3;;/q;+2;. The van der Waals surface area contributed by atoms with Crippen LogP contribution in [-0.2, 0) is 40.7 Å². The van der Waals surface area contributed by atoms with E-state index in [9.17, 15) is 18.9 Å². The molecule has 10 heavy (non-hydrogen) atoms. The quantitative estimate of drug-likeness (QED) is 0.496. The van der Waals surface area contributed by atoms with E-state index < -0.39 is 16.5 Å². The summed E-state index contributed by atoms with van der Waals surface area (Å²) in [6.45, 7) is 0. The summed E-state index contributed by atoms with van der Waals surface area (Å²) in [4.78, 5) is 18.5. The van der Waals surface area contributed by atoms with Crippen LogP contribution in [-0.4, -0.2) is 12.2 Å². The van der Waals surface area contributed by atoms with Gasteiger partial charge in [0.05, 0.1) is 0 Å². The van der Waals surface area contributed by atoms with E-state index in [-0.39, 0.29) is 27.3 Å². The van der Waals surface area contributed by atoms with Crippen LogP contribution in [0.15, 0.2) is 0 Å². The third-order valence-corrected chi connectivity index (χ3v) is 1.20. The summed E-state index contributed by atoms with van der Waals surface area (Å²) >= 11 is 0. The number of aliphatic hydroxyl groups is 1. The van der Waals surface area contributed by atoms with Crippen molar-refractivity contribution in [1.82, 2.24) is 0 Å². The van der Waals surface area contributed by atoms with Crippen LogP contribution >= 0.6 is 16.5 Å². The molecule has 2 unspecified atom stereocenters. The van der Waals surface area contributed by atoms with Crippen molar-refractivity contribution in [2.45, 2.75) is 0 Å². The molecule has 0 amide bonds. The number of hydrogen-bond acceptors (Lipinski definition) is 6. The van der Waals surface area contributed by atoms with E-state index >= 15 is 0 Å². The number of rotatable bonds is 2. The summed E-state index contributed by atoms with van der Waals surface area (Å²) in [7, 11) is -5.47. The molecule has 0 aliphatic rings. The second-order valence-corrected chi connectivity index (χ2v) is 2.08. The molecule has 0 aromatic rings. The van der Waals surface area contributed by atoms with Gasteiger partial charge in [0, 0.05) is 7.11 Å². The van der Waals surface area contributed by atoms with Gasteiger partial charge in [-0.15, -0.1) is 0 Å². The summed E-state index contributed by atoms with van der Waals surface area (Å²) in [5, 5.41) is 7.00. The van der Waals surface area contributed by atoms with Crippen molar-refractivity contribution in [3.05, 3.63) is 0 Å². The van der Waals surface area contributed by atoms with Gasteiger partial charge in [-0.2, -0.15) is 0 Å². The third-order valence-electron chi connectivity index (χ3n) is 0.133. The zero-order chi connectivity index (χ0) is 7.86. The van der Waals surface area contributed by atoms with Crippen molar-refractivity contribution in [3.63, 3.8) is 0 Å². The van der Waals surface area contributed by atoms with E-state index in [4.69, 9.17) is 5.11 Å². The first-order valence-corrected chi connectivity index (χ1v) is 3.73. The third kappa shape index (κ3) is 23.1. The molecular weight excluding hydrogens is 282 g/mol. The molecule has 0 spiro atoms. The van der Waals surface area contributed by atoms with Crippen molar-refractivity contribution < 1.29 is 55.6 Å². The van der Waals surface area contributed by atoms with Gasteiger partial charge < -0.3 is 14.9 Å². The van der Waals surface area contributed by atoms with Gasteiger partial charge in [0.15, 0.2) is 0 Å². The Labute approximate surface area is 79.3 Å². The van der Waals surface area contributed by atoms with Gasteiger partial charge in [-0.1, -0.05) is 0 Å². The van der Waals surface area contributed by atoms with Crippen LogP contribution < -0.4 is 9.79 Å². The Bertz CT molecular complexity index is 91.9. The number of aliphatic hydroxyl groups excluding tert-OH is 1. The molecular formula is CH4CdO6P2+2. The van der Waals surface area contributed by atoms with E-state index in [2.05, 4.69) is 4.31 Å². The van der Waals surface area contributed by atoms with Crippen molar-refractivity contribution >= 4 is 16.5 Å². The molecule has 0 rings (SSSR count). The summed E-state index contributed by atoms with van der Waals surface area (Å²) < 4.78 is 21.6. The molecule has 0 heterocycles. The monoisotopic (exact) mass is 288 g/mol. The van der Waals surface area contributed by atoms with E-state index in [1.807, 2.05) is 0 Å². The van der Waals surface area contributed by atoms with Gasteiger partial charge in [0.1, 0.15) is 4.31 Å². The fourth-order valence-corrected chi connectivity index (χ4v) is 0.490. The Balaban J connectivity index is -0.000000149. The Morgan fingerprint density at radius 1 is 1.20 bits per heavy atom. The summed E-state index contributed by atoms with van der Waals surface area (Å²) in [6, 6.07) is 0. The minimum atomic E-state index is -3.24. The van der Waals surface area contributed by atoms with Gasteiger partial charge in [0.2, 0.25) is 0 Å². The fraction of sp³-hybridized carbons (Fsp3) is 1.00. The first-order chi connectivity index (χ1) is 4.13. The molecule has 1 N–H and O–H groups in total. The molecule has 54 valence electrons. The Morgan fingerprint density at radius 3 is 1.40 bits per heavy atom. The predicted molar refractivity (Wildman–Crippen MR) is 24.4 cm³/mol. The van der Waals surface area contributed by atoms with Crippen molar-refractivity contribution in [2.75, 3.05) is 7.11 Å². The summed E-state index contributed by atoms with van der Waals surface area (Å²) in [6.07, 6.45) is 0. The van der Waals surface area contributed by atoms with E-state index in [1.54, 1.807) is 0 Å². The van der Waals surface area contributed by atoms with E-state index in [0.29, 0.717) is 0 Å². The fourth-order valence-electron chi connectivity index (χ4n) is 0.0544. The van der Waals surface area contributed by atoms with Gasteiger partial charge in [-0.25, -0.2) is 0 Å². The molecule has 9 heteroatoms. The Kier molecular flexibility index (Phi) is 21.7. The van der Waals surface area contributed by atoms with Gasteiger partial charge >= 0.3 is 43.8 Å². The van der Waals surface area contributed by atoms with Crippen LogP contribution in [0, 0.1) is 0 Å². The van der Waals surface area contributed by atoms with E-state index in [1.165, 1.54) is 0 Å². The smallest absolute Gasteiger partial charge is 0.563 e. The topological polar surface area (TPSA) is 110 Å². The van der Waals surface area contributed by atoms with Crippen LogP contribution in [0.2, 0.25) is 0 Å². The molecule has 0 saturated carbocycles. The Hall–Kier alpha value is 0.962. The van der Waals surface area contributed by atoms with Crippen molar-refractivity contribution in [3.8, 4) is 0 Å². The van der Waals surface area contributed by atoms with Crippen LogP contribution in [0.4, 0.5) is 0 Å².